The Morgan fingerprint density at radius 3 is 2.29 bits per heavy atom. The Morgan fingerprint density at radius 1 is 0.941 bits per heavy atom. The minimum Gasteiger partial charge on any atom is -0.393 e. The summed E-state index contributed by atoms with van der Waals surface area (Å²) in [5, 5.41) is 10.3. The molecule has 0 aromatic carbocycles. The molecule has 0 amide bonds. The van der Waals surface area contributed by atoms with Crippen molar-refractivity contribution in [2.45, 2.75) is 82.8 Å². The van der Waals surface area contributed by atoms with Gasteiger partial charge in [0.2, 0.25) is 0 Å². The van der Waals surface area contributed by atoms with Crippen LogP contribution in [0.5, 0.6) is 0 Å². The molecule has 0 spiro atoms. The summed E-state index contributed by atoms with van der Waals surface area (Å²) in [5.74, 6) is 0.570. The second-order valence-electron chi connectivity index (χ2n) is 5.88. The van der Waals surface area contributed by atoms with E-state index in [0.717, 1.165) is 19.4 Å². The number of aliphatic hydroxyl groups is 1. The molecule has 2 aliphatic rings. The third-order valence-electron chi connectivity index (χ3n) is 4.50. The van der Waals surface area contributed by atoms with Gasteiger partial charge in [0, 0.05) is 6.61 Å². The van der Waals surface area contributed by atoms with E-state index in [2.05, 4.69) is 0 Å². The lowest BCUT2D eigenvalue weighted by Gasteiger charge is -2.26. The van der Waals surface area contributed by atoms with E-state index in [1.807, 2.05) is 0 Å². The van der Waals surface area contributed by atoms with Crippen LogP contribution in [0.25, 0.3) is 0 Å². The number of hydrogen-bond acceptors (Lipinski definition) is 2. The summed E-state index contributed by atoms with van der Waals surface area (Å²) in [6.45, 7) is 0.935. The van der Waals surface area contributed by atoms with E-state index in [1.165, 1.54) is 57.8 Å². The normalized spacial score (nSPS) is 29.8. The summed E-state index contributed by atoms with van der Waals surface area (Å²) in [7, 11) is 0. The van der Waals surface area contributed by atoms with E-state index in [0.29, 0.717) is 12.0 Å². The topological polar surface area (TPSA) is 29.5 Å². The van der Waals surface area contributed by atoms with Crippen molar-refractivity contribution in [1.82, 2.24) is 0 Å². The molecule has 2 unspecified atom stereocenters. The first-order valence-corrected chi connectivity index (χ1v) is 7.66. The average Bonchev–Trinajstić information content (AvgIpc) is 2.66. The Balaban J connectivity index is 1.66. The highest BCUT2D eigenvalue weighted by atomic mass is 16.5. The number of ether oxygens (including phenoxy) is 1. The Hall–Kier alpha value is -0.0800. The van der Waals surface area contributed by atoms with Crippen LogP contribution in [0.15, 0.2) is 0 Å². The fraction of sp³-hybridized carbons (Fsp3) is 1.00. The van der Waals surface area contributed by atoms with Crippen LogP contribution >= 0.6 is 0 Å². The minimum atomic E-state index is -0.0707. The zero-order valence-electron chi connectivity index (χ0n) is 11.1. The molecule has 0 aromatic heterocycles. The second kappa shape index (κ2) is 7.38. The molecule has 1 aliphatic heterocycles. The molecule has 1 saturated heterocycles. The van der Waals surface area contributed by atoms with Crippen LogP contribution in [0, 0.1) is 5.92 Å². The van der Waals surface area contributed by atoms with Crippen LogP contribution in [0.3, 0.4) is 0 Å². The van der Waals surface area contributed by atoms with E-state index >= 15 is 0 Å². The van der Waals surface area contributed by atoms with Gasteiger partial charge in [0.05, 0.1) is 12.2 Å². The zero-order chi connectivity index (χ0) is 11.9. The fourth-order valence-electron chi connectivity index (χ4n) is 3.32. The van der Waals surface area contributed by atoms with Gasteiger partial charge < -0.3 is 9.84 Å². The van der Waals surface area contributed by atoms with Gasteiger partial charge in [0.15, 0.2) is 0 Å². The minimum absolute atomic E-state index is 0.0707. The van der Waals surface area contributed by atoms with Crippen LogP contribution in [-0.4, -0.2) is 23.9 Å². The third-order valence-corrected chi connectivity index (χ3v) is 4.50. The van der Waals surface area contributed by atoms with Crippen molar-refractivity contribution in [3.05, 3.63) is 0 Å². The zero-order valence-corrected chi connectivity index (χ0v) is 11.1. The Labute approximate surface area is 106 Å². The lowest BCUT2D eigenvalue weighted by molar-refractivity contribution is -0.00405. The van der Waals surface area contributed by atoms with E-state index in [1.54, 1.807) is 0 Å². The number of hydrogen-bond donors (Lipinski definition) is 1. The smallest absolute Gasteiger partial charge is 0.0576 e. The largest absolute Gasteiger partial charge is 0.393 e. The molecule has 1 heterocycles. The van der Waals surface area contributed by atoms with Crippen LogP contribution in [0.1, 0.15) is 70.6 Å². The van der Waals surface area contributed by atoms with Crippen molar-refractivity contribution in [2.24, 2.45) is 5.92 Å². The first-order chi connectivity index (χ1) is 8.36. The third kappa shape index (κ3) is 4.59. The average molecular weight is 240 g/mol. The van der Waals surface area contributed by atoms with E-state index in [9.17, 15) is 5.11 Å². The Kier molecular flexibility index (Phi) is 5.79. The number of rotatable bonds is 4. The van der Waals surface area contributed by atoms with Crippen molar-refractivity contribution < 1.29 is 9.84 Å². The highest BCUT2D eigenvalue weighted by Crippen LogP contribution is 2.28. The van der Waals surface area contributed by atoms with Crippen molar-refractivity contribution in [3.8, 4) is 0 Å². The highest BCUT2D eigenvalue weighted by molar-refractivity contribution is 4.74. The molecule has 1 aliphatic carbocycles. The van der Waals surface area contributed by atoms with Crippen molar-refractivity contribution in [3.63, 3.8) is 0 Å². The van der Waals surface area contributed by atoms with Crippen molar-refractivity contribution in [2.75, 3.05) is 6.61 Å². The van der Waals surface area contributed by atoms with Gasteiger partial charge in [-0.15, -0.1) is 0 Å². The fourth-order valence-corrected chi connectivity index (χ4v) is 3.32. The van der Waals surface area contributed by atoms with E-state index in [-0.39, 0.29) is 6.10 Å². The second-order valence-corrected chi connectivity index (χ2v) is 5.88. The summed E-state index contributed by atoms with van der Waals surface area (Å²) in [6.07, 6.45) is 14.0. The maximum Gasteiger partial charge on any atom is 0.0576 e. The van der Waals surface area contributed by atoms with Crippen LogP contribution in [0.4, 0.5) is 0 Å². The lowest BCUT2D eigenvalue weighted by Crippen LogP contribution is -2.25. The molecule has 0 radical (unpaired) electrons. The molecule has 0 aromatic rings. The van der Waals surface area contributed by atoms with Gasteiger partial charge in [-0.25, -0.2) is 0 Å². The monoisotopic (exact) mass is 240 g/mol. The van der Waals surface area contributed by atoms with Gasteiger partial charge in [0.25, 0.3) is 0 Å². The molecule has 0 bridgehead atoms. The predicted molar refractivity (Wildman–Crippen MR) is 70.0 cm³/mol. The lowest BCUT2D eigenvalue weighted by atomic mass is 9.90. The van der Waals surface area contributed by atoms with Gasteiger partial charge in [0.1, 0.15) is 0 Å². The molecule has 2 heteroatoms. The maximum absolute atomic E-state index is 10.3. The van der Waals surface area contributed by atoms with E-state index in [4.69, 9.17) is 4.74 Å². The summed E-state index contributed by atoms with van der Waals surface area (Å²) in [4.78, 5) is 0. The molecule has 2 nitrogen and oxygen atoms in total. The van der Waals surface area contributed by atoms with Gasteiger partial charge in [-0.3, -0.25) is 0 Å². The van der Waals surface area contributed by atoms with Gasteiger partial charge in [-0.05, 0) is 50.9 Å². The summed E-state index contributed by atoms with van der Waals surface area (Å²) < 4.78 is 5.73. The molecule has 2 atom stereocenters. The molecule has 2 rings (SSSR count). The predicted octanol–water partition coefficient (Wildman–Crippen LogP) is 3.67. The maximum atomic E-state index is 10.3. The molecule has 17 heavy (non-hydrogen) atoms. The summed E-state index contributed by atoms with van der Waals surface area (Å²) in [6, 6.07) is 0. The van der Waals surface area contributed by atoms with Crippen molar-refractivity contribution >= 4 is 0 Å². The van der Waals surface area contributed by atoms with Crippen LogP contribution in [-0.2, 0) is 4.74 Å². The molecule has 100 valence electrons. The van der Waals surface area contributed by atoms with Crippen molar-refractivity contribution in [1.29, 1.82) is 0 Å². The summed E-state index contributed by atoms with van der Waals surface area (Å²) in [5.41, 5.74) is 0. The van der Waals surface area contributed by atoms with Gasteiger partial charge >= 0.3 is 0 Å². The van der Waals surface area contributed by atoms with Gasteiger partial charge in [-0.2, -0.15) is 0 Å². The highest BCUT2D eigenvalue weighted by Gasteiger charge is 2.22. The Morgan fingerprint density at radius 2 is 1.65 bits per heavy atom. The van der Waals surface area contributed by atoms with Crippen LogP contribution < -0.4 is 0 Å². The SMILES string of the molecule is OC(CCC1CCCCO1)C1CCCCCC1. The van der Waals surface area contributed by atoms with Crippen LogP contribution in [0.2, 0.25) is 0 Å². The Bertz CT molecular complexity index is 191. The molecule has 2 fully saturated rings. The molecule has 1 saturated carbocycles. The van der Waals surface area contributed by atoms with Gasteiger partial charge in [-0.1, -0.05) is 25.7 Å². The first kappa shape index (κ1) is 13.4. The standard InChI is InChI=1S/C15H28O2/c16-15(13-7-3-1-2-4-8-13)11-10-14-9-5-6-12-17-14/h13-16H,1-12H2. The summed E-state index contributed by atoms with van der Waals surface area (Å²) >= 11 is 0. The number of aliphatic hydroxyl groups excluding tert-OH is 1. The molecule has 1 N–H and O–H groups in total. The quantitative estimate of drug-likeness (QED) is 0.760. The first-order valence-electron chi connectivity index (χ1n) is 7.66. The van der Waals surface area contributed by atoms with E-state index < -0.39 is 0 Å². The molecular weight excluding hydrogens is 212 g/mol. The molecular formula is C15H28O2.